The molecule has 0 radical (unpaired) electrons. The maximum Gasteiger partial charge on any atom is 0.416 e. The summed E-state index contributed by atoms with van der Waals surface area (Å²) in [5, 5.41) is 9.91. The van der Waals surface area contributed by atoms with Gasteiger partial charge in [0.1, 0.15) is 6.10 Å². The summed E-state index contributed by atoms with van der Waals surface area (Å²) in [6.45, 7) is 1.03. The maximum atomic E-state index is 12.6. The highest BCUT2D eigenvalue weighted by Gasteiger charge is 2.30. The van der Waals surface area contributed by atoms with Crippen LogP contribution in [0.1, 0.15) is 36.5 Å². The third-order valence-electron chi connectivity index (χ3n) is 3.45. The van der Waals surface area contributed by atoms with Crippen LogP contribution in [0.4, 0.5) is 13.2 Å². The Hall–Kier alpha value is -1.11. The third kappa shape index (κ3) is 4.98. The Bertz CT molecular complexity index is 442. The monoisotopic (exact) mass is 304 g/mol. The molecule has 0 aliphatic carbocycles. The summed E-state index contributed by atoms with van der Waals surface area (Å²) >= 11 is 0. The van der Waals surface area contributed by atoms with Gasteiger partial charge in [-0.15, -0.1) is 0 Å². The number of ether oxygens (including phenoxy) is 2. The van der Waals surface area contributed by atoms with Crippen LogP contribution in [-0.4, -0.2) is 31.0 Å². The van der Waals surface area contributed by atoms with E-state index in [4.69, 9.17) is 9.47 Å². The van der Waals surface area contributed by atoms with Crippen LogP contribution in [0.25, 0.3) is 0 Å². The minimum Gasteiger partial charge on any atom is -0.386 e. The topological polar surface area (TPSA) is 38.7 Å². The van der Waals surface area contributed by atoms with Gasteiger partial charge in [-0.1, -0.05) is 12.1 Å². The average Bonchev–Trinajstić information content (AvgIpc) is 2.47. The second-order valence-corrected chi connectivity index (χ2v) is 5.17. The molecule has 0 amide bonds. The van der Waals surface area contributed by atoms with Gasteiger partial charge in [0.25, 0.3) is 0 Å². The van der Waals surface area contributed by atoms with Gasteiger partial charge in [-0.2, -0.15) is 13.2 Å². The lowest BCUT2D eigenvalue weighted by Crippen LogP contribution is -2.25. The molecule has 0 saturated carbocycles. The van der Waals surface area contributed by atoms with Crippen LogP contribution in [0, 0.1) is 0 Å². The number of aliphatic hydroxyl groups excluding tert-OH is 1. The quantitative estimate of drug-likeness (QED) is 0.907. The molecule has 0 aromatic heterocycles. The lowest BCUT2D eigenvalue weighted by atomic mass is 10.1. The molecule has 1 heterocycles. The molecule has 1 aliphatic rings. The summed E-state index contributed by atoms with van der Waals surface area (Å²) in [5.41, 5.74) is -0.566. The number of hydrogen-bond acceptors (Lipinski definition) is 3. The summed E-state index contributed by atoms with van der Waals surface area (Å²) in [5.74, 6) is 0. The van der Waals surface area contributed by atoms with Crippen LogP contribution in [0.3, 0.4) is 0 Å². The molecule has 2 rings (SSSR count). The van der Waals surface area contributed by atoms with Crippen molar-refractivity contribution in [2.45, 2.75) is 37.6 Å². The summed E-state index contributed by atoms with van der Waals surface area (Å²) < 4.78 is 48.6. The molecule has 1 aromatic rings. The molecular weight excluding hydrogens is 285 g/mol. The van der Waals surface area contributed by atoms with Crippen LogP contribution in [-0.2, 0) is 15.7 Å². The number of halogens is 3. The van der Waals surface area contributed by atoms with Crippen molar-refractivity contribution in [2.24, 2.45) is 0 Å². The predicted octanol–water partition coefficient (Wildman–Crippen LogP) is 3.32. The van der Waals surface area contributed by atoms with Crippen molar-refractivity contribution < 1.29 is 27.8 Å². The molecule has 118 valence electrons. The molecule has 3 nitrogen and oxygen atoms in total. The summed E-state index contributed by atoms with van der Waals surface area (Å²) in [4.78, 5) is 0. The lowest BCUT2D eigenvalue weighted by molar-refractivity contribution is -0.137. The van der Waals surface area contributed by atoms with Gasteiger partial charge in [0.15, 0.2) is 0 Å². The van der Waals surface area contributed by atoms with E-state index < -0.39 is 17.8 Å². The highest BCUT2D eigenvalue weighted by molar-refractivity contribution is 5.27. The van der Waals surface area contributed by atoms with Gasteiger partial charge in [-0.25, -0.2) is 0 Å². The minimum absolute atomic E-state index is 0.0208. The Morgan fingerprint density at radius 3 is 2.81 bits per heavy atom. The first-order valence-corrected chi connectivity index (χ1v) is 7.01. The minimum atomic E-state index is -4.41. The summed E-state index contributed by atoms with van der Waals surface area (Å²) in [7, 11) is 0. The number of rotatable bonds is 5. The van der Waals surface area contributed by atoms with Crippen molar-refractivity contribution in [3.8, 4) is 0 Å². The first-order valence-electron chi connectivity index (χ1n) is 7.01. The maximum absolute atomic E-state index is 12.6. The molecule has 6 heteroatoms. The molecule has 1 aliphatic heterocycles. The summed E-state index contributed by atoms with van der Waals surface area (Å²) in [6, 6.07) is 4.67. The molecule has 1 N–H and O–H groups in total. The van der Waals surface area contributed by atoms with E-state index in [1.165, 1.54) is 12.1 Å². The number of benzene rings is 1. The van der Waals surface area contributed by atoms with E-state index in [2.05, 4.69) is 0 Å². The second kappa shape index (κ2) is 7.24. The van der Waals surface area contributed by atoms with Gasteiger partial charge >= 0.3 is 6.18 Å². The molecule has 0 spiro atoms. The van der Waals surface area contributed by atoms with Crippen molar-refractivity contribution in [3.05, 3.63) is 35.4 Å². The number of hydrogen-bond donors (Lipinski definition) is 1. The van der Waals surface area contributed by atoms with Gasteiger partial charge in [0.05, 0.1) is 24.9 Å². The van der Waals surface area contributed by atoms with Gasteiger partial charge in [-0.3, -0.25) is 0 Å². The fraction of sp³-hybridized carbons (Fsp3) is 0.600. The van der Waals surface area contributed by atoms with Gasteiger partial charge < -0.3 is 14.6 Å². The zero-order valence-corrected chi connectivity index (χ0v) is 11.6. The number of alkyl halides is 3. The van der Waals surface area contributed by atoms with Crippen molar-refractivity contribution in [2.75, 3.05) is 19.8 Å². The first kappa shape index (κ1) is 16.3. The lowest BCUT2D eigenvalue weighted by Gasteiger charge is -2.23. The smallest absolute Gasteiger partial charge is 0.386 e. The fourth-order valence-corrected chi connectivity index (χ4v) is 2.27. The molecule has 21 heavy (non-hydrogen) atoms. The standard InChI is InChI=1S/C15H19F3O3/c16-15(17,18)12-5-3-4-11(8-12)14(19)10-20-9-13-6-1-2-7-21-13/h3-5,8,13-14,19H,1-2,6-7,9-10H2. The second-order valence-electron chi connectivity index (χ2n) is 5.17. The largest absolute Gasteiger partial charge is 0.416 e. The van der Waals surface area contributed by atoms with Gasteiger partial charge in [-0.05, 0) is 37.0 Å². The van der Waals surface area contributed by atoms with Crippen molar-refractivity contribution in [3.63, 3.8) is 0 Å². The Morgan fingerprint density at radius 1 is 1.33 bits per heavy atom. The predicted molar refractivity (Wildman–Crippen MR) is 70.8 cm³/mol. The molecule has 2 unspecified atom stereocenters. The SMILES string of the molecule is OC(COCC1CCCCO1)c1cccc(C(F)(F)F)c1. The van der Waals surface area contributed by atoms with Crippen LogP contribution in [0.15, 0.2) is 24.3 Å². The van der Waals surface area contributed by atoms with Gasteiger partial charge in [0.2, 0.25) is 0 Å². The average molecular weight is 304 g/mol. The molecule has 1 fully saturated rings. The molecule has 1 aromatic carbocycles. The zero-order chi connectivity index (χ0) is 15.3. The van der Waals surface area contributed by atoms with E-state index in [0.29, 0.717) is 13.2 Å². The Balaban J connectivity index is 1.83. The van der Waals surface area contributed by atoms with Crippen LogP contribution in [0.2, 0.25) is 0 Å². The molecular formula is C15H19F3O3. The van der Waals surface area contributed by atoms with E-state index in [0.717, 1.165) is 31.4 Å². The van der Waals surface area contributed by atoms with E-state index in [9.17, 15) is 18.3 Å². The highest BCUT2D eigenvalue weighted by Crippen LogP contribution is 2.30. The van der Waals surface area contributed by atoms with E-state index >= 15 is 0 Å². The zero-order valence-electron chi connectivity index (χ0n) is 11.6. The summed E-state index contributed by atoms with van der Waals surface area (Å²) in [6.07, 6.45) is -2.41. The van der Waals surface area contributed by atoms with Gasteiger partial charge in [0, 0.05) is 6.61 Å². The molecule has 0 bridgehead atoms. The van der Waals surface area contributed by atoms with Crippen LogP contribution >= 0.6 is 0 Å². The van der Waals surface area contributed by atoms with E-state index in [1.807, 2.05) is 0 Å². The van der Waals surface area contributed by atoms with Crippen molar-refractivity contribution in [1.82, 2.24) is 0 Å². The van der Waals surface area contributed by atoms with Crippen LogP contribution in [0.5, 0.6) is 0 Å². The number of aliphatic hydroxyl groups is 1. The van der Waals surface area contributed by atoms with Crippen molar-refractivity contribution in [1.29, 1.82) is 0 Å². The van der Waals surface area contributed by atoms with Crippen molar-refractivity contribution >= 4 is 0 Å². The Morgan fingerprint density at radius 2 is 2.14 bits per heavy atom. The Kier molecular flexibility index (Phi) is 5.61. The first-order chi connectivity index (χ1) is 9.97. The molecule has 1 saturated heterocycles. The Labute approximate surface area is 121 Å². The third-order valence-corrected chi connectivity index (χ3v) is 3.45. The highest BCUT2D eigenvalue weighted by atomic mass is 19.4. The molecule has 2 atom stereocenters. The van der Waals surface area contributed by atoms with Crippen LogP contribution < -0.4 is 0 Å². The normalized spacial score (nSPS) is 21.2. The van der Waals surface area contributed by atoms with E-state index in [1.54, 1.807) is 0 Å². The van der Waals surface area contributed by atoms with E-state index in [-0.39, 0.29) is 18.3 Å². The fourth-order valence-electron chi connectivity index (χ4n) is 2.27.